The van der Waals surface area contributed by atoms with E-state index in [9.17, 15) is 0 Å². The lowest BCUT2D eigenvalue weighted by Gasteiger charge is -2.32. The van der Waals surface area contributed by atoms with Gasteiger partial charge in [-0.2, -0.15) is 0 Å². The van der Waals surface area contributed by atoms with Gasteiger partial charge in [-0.05, 0) is 37.6 Å². The Labute approximate surface area is 115 Å². The Morgan fingerprint density at radius 1 is 1.16 bits per heavy atom. The molecule has 0 radical (unpaired) electrons. The van der Waals surface area contributed by atoms with Gasteiger partial charge in [-0.3, -0.25) is 4.98 Å². The average Bonchev–Trinajstić information content (AvgIpc) is 2.47. The van der Waals surface area contributed by atoms with Crippen molar-refractivity contribution in [1.29, 1.82) is 0 Å². The molecule has 0 fully saturated rings. The van der Waals surface area contributed by atoms with E-state index in [-0.39, 0.29) is 6.04 Å². The van der Waals surface area contributed by atoms with Gasteiger partial charge < -0.3 is 10.6 Å². The molecule has 100 valence electrons. The summed E-state index contributed by atoms with van der Waals surface area (Å²) in [6, 6.07) is 14.7. The van der Waals surface area contributed by atoms with E-state index in [4.69, 9.17) is 5.73 Å². The van der Waals surface area contributed by atoms with Crippen molar-refractivity contribution in [2.45, 2.75) is 19.9 Å². The van der Waals surface area contributed by atoms with Gasteiger partial charge in [-0.1, -0.05) is 24.3 Å². The molecule has 0 spiro atoms. The van der Waals surface area contributed by atoms with E-state index in [0.29, 0.717) is 6.54 Å². The molecule has 1 unspecified atom stereocenters. The van der Waals surface area contributed by atoms with Gasteiger partial charge in [-0.25, -0.2) is 0 Å². The number of benzene rings is 1. The SMILES string of the molecule is CCN(c1ccccc1)C(CN)c1ccc(C)nc1. The number of aromatic nitrogens is 1. The van der Waals surface area contributed by atoms with Crippen molar-refractivity contribution in [3.05, 3.63) is 59.9 Å². The normalized spacial score (nSPS) is 12.2. The molecule has 0 aliphatic rings. The fourth-order valence-corrected chi connectivity index (χ4v) is 2.32. The first kappa shape index (κ1) is 13.6. The monoisotopic (exact) mass is 255 g/mol. The van der Waals surface area contributed by atoms with Gasteiger partial charge >= 0.3 is 0 Å². The zero-order valence-electron chi connectivity index (χ0n) is 11.6. The molecule has 3 heteroatoms. The molecular weight excluding hydrogens is 234 g/mol. The summed E-state index contributed by atoms with van der Waals surface area (Å²) in [6.45, 7) is 5.64. The van der Waals surface area contributed by atoms with Crippen LogP contribution in [-0.4, -0.2) is 18.1 Å². The van der Waals surface area contributed by atoms with Crippen LogP contribution in [0, 0.1) is 6.92 Å². The van der Waals surface area contributed by atoms with Crippen LogP contribution in [0.15, 0.2) is 48.7 Å². The van der Waals surface area contributed by atoms with Gasteiger partial charge in [0, 0.05) is 30.7 Å². The second kappa shape index (κ2) is 6.34. The highest BCUT2D eigenvalue weighted by Gasteiger charge is 2.18. The van der Waals surface area contributed by atoms with Crippen molar-refractivity contribution in [2.24, 2.45) is 5.73 Å². The number of hydrogen-bond donors (Lipinski definition) is 1. The predicted octanol–water partition coefficient (Wildman–Crippen LogP) is 2.92. The number of hydrogen-bond acceptors (Lipinski definition) is 3. The Hall–Kier alpha value is -1.87. The second-order valence-electron chi connectivity index (χ2n) is 4.61. The first-order valence-corrected chi connectivity index (χ1v) is 6.70. The third-order valence-electron chi connectivity index (χ3n) is 3.35. The molecule has 0 saturated heterocycles. The van der Waals surface area contributed by atoms with Gasteiger partial charge in [0.15, 0.2) is 0 Å². The van der Waals surface area contributed by atoms with Crippen molar-refractivity contribution in [3.8, 4) is 0 Å². The van der Waals surface area contributed by atoms with Crippen molar-refractivity contribution in [3.63, 3.8) is 0 Å². The van der Waals surface area contributed by atoms with Crippen LogP contribution >= 0.6 is 0 Å². The van der Waals surface area contributed by atoms with Gasteiger partial charge in [0.05, 0.1) is 6.04 Å². The Morgan fingerprint density at radius 3 is 2.42 bits per heavy atom. The van der Waals surface area contributed by atoms with Crippen LogP contribution in [0.5, 0.6) is 0 Å². The number of nitrogens with zero attached hydrogens (tertiary/aromatic N) is 2. The lowest BCUT2D eigenvalue weighted by atomic mass is 10.1. The van der Waals surface area contributed by atoms with Crippen LogP contribution in [0.25, 0.3) is 0 Å². The van der Waals surface area contributed by atoms with Crippen molar-refractivity contribution in [2.75, 3.05) is 18.0 Å². The van der Waals surface area contributed by atoms with E-state index in [1.807, 2.05) is 25.3 Å². The Morgan fingerprint density at radius 2 is 1.89 bits per heavy atom. The van der Waals surface area contributed by atoms with E-state index < -0.39 is 0 Å². The molecule has 1 atom stereocenters. The quantitative estimate of drug-likeness (QED) is 0.893. The average molecular weight is 255 g/mol. The van der Waals surface area contributed by atoms with E-state index in [0.717, 1.165) is 12.2 Å². The number of anilines is 1. The number of aryl methyl sites for hydroxylation is 1. The standard InChI is InChI=1S/C16H21N3/c1-3-19(15-7-5-4-6-8-15)16(11-17)14-10-9-13(2)18-12-14/h4-10,12,16H,3,11,17H2,1-2H3. The summed E-state index contributed by atoms with van der Waals surface area (Å²) >= 11 is 0. The maximum absolute atomic E-state index is 5.99. The van der Waals surface area contributed by atoms with E-state index in [1.54, 1.807) is 0 Å². The van der Waals surface area contributed by atoms with Gasteiger partial charge in [0.1, 0.15) is 0 Å². The van der Waals surface area contributed by atoms with Crippen LogP contribution < -0.4 is 10.6 Å². The topological polar surface area (TPSA) is 42.1 Å². The summed E-state index contributed by atoms with van der Waals surface area (Å²) in [7, 11) is 0. The Balaban J connectivity index is 2.31. The zero-order chi connectivity index (χ0) is 13.7. The van der Waals surface area contributed by atoms with E-state index in [2.05, 4.69) is 47.1 Å². The van der Waals surface area contributed by atoms with Crippen LogP contribution in [0.2, 0.25) is 0 Å². The van der Waals surface area contributed by atoms with E-state index >= 15 is 0 Å². The molecule has 0 bridgehead atoms. The van der Waals surface area contributed by atoms with Crippen LogP contribution in [-0.2, 0) is 0 Å². The number of rotatable bonds is 5. The molecule has 2 N–H and O–H groups in total. The number of likely N-dealkylation sites (N-methyl/N-ethyl adjacent to an activating group) is 1. The Bertz CT molecular complexity index is 493. The molecule has 19 heavy (non-hydrogen) atoms. The maximum atomic E-state index is 5.99. The molecule has 0 saturated carbocycles. The number of nitrogens with two attached hydrogens (primary N) is 1. The van der Waals surface area contributed by atoms with Crippen molar-refractivity contribution in [1.82, 2.24) is 4.98 Å². The van der Waals surface area contributed by atoms with Gasteiger partial charge in [0.25, 0.3) is 0 Å². The highest BCUT2D eigenvalue weighted by atomic mass is 15.2. The van der Waals surface area contributed by atoms with Crippen LogP contribution in [0.4, 0.5) is 5.69 Å². The first-order valence-electron chi connectivity index (χ1n) is 6.70. The molecular formula is C16H21N3. The minimum atomic E-state index is 0.167. The highest BCUT2D eigenvalue weighted by molar-refractivity contribution is 5.48. The molecule has 0 aliphatic heterocycles. The predicted molar refractivity (Wildman–Crippen MR) is 80.2 cm³/mol. The molecule has 3 nitrogen and oxygen atoms in total. The fourth-order valence-electron chi connectivity index (χ4n) is 2.32. The molecule has 2 aromatic rings. The maximum Gasteiger partial charge on any atom is 0.0679 e. The largest absolute Gasteiger partial charge is 0.363 e. The van der Waals surface area contributed by atoms with E-state index in [1.165, 1.54) is 11.3 Å². The molecule has 1 aromatic heterocycles. The van der Waals surface area contributed by atoms with Gasteiger partial charge in [-0.15, -0.1) is 0 Å². The highest BCUT2D eigenvalue weighted by Crippen LogP contribution is 2.25. The lowest BCUT2D eigenvalue weighted by molar-refractivity contribution is 0.640. The first-order chi connectivity index (χ1) is 9.26. The van der Waals surface area contributed by atoms with Crippen LogP contribution in [0.1, 0.15) is 24.2 Å². The summed E-state index contributed by atoms with van der Waals surface area (Å²) in [4.78, 5) is 6.69. The summed E-state index contributed by atoms with van der Waals surface area (Å²) in [5.74, 6) is 0. The second-order valence-corrected chi connectivity index (χ2v) is 4.61. The third-order valence-corrected chi connectivity index (χ3v) is 3.35. The minimum absolute atomic E-state index is 0.167. The molecule has 1 heterocycles. The van der Waals surface area contributed by atoms with Gasteiger partial charge in [0.2, 0.25) is 0 Å². The molecule has 2 rings (SSSR count). The zero-order valence-corrected chi connectivity index (χ0v) is 11.6. The smallest absolute Gasteiger partial charge is 0.0679 e. The molecule has 1 aromatic carbocycles. The summed E-state index contributed by atoms with van der Waals surface area (Å²) in [5.41, 5.74) is 9.38. The summed E-state index contributed by atoms with van der Waals surface area (Å²) in [6.07, 6.45) is 1.93. The Kier molecular flexibility index (Phi) is 4.53. The molecule has 0 amide bonds. The van der Waals surface area contributed by atoms with Crippen LogP contribution in [0.3, 0.4) is 0 Å². The minimum Gasteiger partial charge on any atom is -0.363 e. The number of para-hydroxylation sites is 1. The summed E-state index contributed by atoms with van der Waals surface area (Å²) < 4.78 is 0. The van der Waals surface area contributed by atoms with Crippen molar-refractivity contribution >= 4 is 5.69 Å². The number of pyridine rings is 1. The van der Waals surface area contributed by atoms with Crippen molar-refractivity contribution < 1.29 is 0 Å². The molecule has 0 aliphatic carbocycles. The fraction of sp³-hybridized carbons (Fsp3) is 0.312. The third kappa shape index (κ3) is 3.12. The lowest BCUT2D eigenvalue weighted by Crippen LogP contribution is -2.33. The summed E-state index contributed by atoms with van der Waals surface area (Å²) in [5, 5.41) is 0.